The summed E-state index contributed by atoms with van der Waals surface area (Å²) in [7, 11) is 0. The highest BCUT2D eigenvalue weighted by atomic mass is 19.1. The molecule has 0 saturated carbocycles. The number of hydrogen-bond acceptors (Lipinski definition) is 6. The van der Waals surface area contributed by atoms with E-state index in [1.807, 2.05) is 18.2 Å². The quantitative estimate of drug-likeness (QED) is 0.682. The van der Waals surface area contributed by atoms with Gasteiger partial charge in [-0.3, -0.25) is 4.79 Å². The Morgan fingerprint density at radius 1 is 1.07 bits per heavy atom. The number of hydrogen-bond donors (Lipinski definition) is 2. The molecule has 3 aromatic rings. The molecule has 0 bridgehead atoms. The van der Waals surface area contributed by atoms with Crippen LogP contribution < -0.4 is 20.1 Å². The lowest BCUT2D eigenvalue weighted by atomic mass is 10.2. The third-order valence-corrected chi connectivity index (χ3v) is 4.16. The summed E-state index contributed by atoms with van der Waals surface area (Å²) in [6.45, 7) is 2.27. The smallest absolute Gasteiger partial charge is 0.274 e. The number of carbonyl (C=O) groups excluding carboxylic acids is 1. The Morgan fingerprint density at radius 3 is 2.72 bits per heavy atom. The number of ether oxygens (including phenoxy) is 2. The molecular formula is C20H16F2N4O3. The molecule has 0 saturated heterocycles. The molecule has 0 radical (unpaired) electrons. The van der Waals surface area contributed by atoms with E-state index < -0.39 is 17.5 Å². The second-order valence-corrected chi connectivity index (χ2v) is 6.31. The normalized spacial score (nSPS) is 12.0. The number of fused-ring (bicyclic) bond motifs is 1. The summed E-state index contributed by atoms with van der Waals surface area (Å²) in [5.41, 5.74) is 0.849. The van der Waals surface area contributed by atoms with Crippen molar-refractivity contribution in [1.82, 2.24) is 9.97 Å². The van der Waals surface area contributed by atoms with Crippen molar-refractivity contribution < 1.29 is 23.0 Å². The topological polar surface area (TPSA) is 85.4 Å². The van der Waals surface area contributed by atoms with Gasteiger partial charge < -0.3 is 20.1 Å². The molecule has 1 aliphatic heterocycles. The predicted molar refractivity (Wildman–Crippen MR) is 101 cm³/mol. The van der Waals surface area contributed by atoms with E-state index in [0.29, 0.717) is 35.8 Å². The SMILES string of the molecule is Cc1nc(NCc2ccc3c(c2)OCO3)cc(C(=O)Nc2ccc(F)cc2F)n1. The summed E-state index contributed by atoms with van der Waals surface area (Å²) in [5.74, 6) is -0.0701. The second-order valence-electron chi connectivity index (χ2n) is 6.31. The number of nitrogens with zero attached hydrogens (tertiary/aromatic N) is 2. The van der Waals surface area contributed by atoms with Crippen molar-refractivity contribution in [3.63, 3.8) is 0 Å². The summed E-state index contributed by atoms with van der Waals surface area (Å²) >= 11 is 0. The van der Waals surface area contributed by atoms with Crippen molar-refractivity contribution in [1.29, 1.82) is 0 Å². The molecule has 148 valence electrons. The van der Waals surface area contributed by atoms with E-state index in [9.17, 15) is 13.6 Å². The maximum atomic E-state index is 13.8. The number of nitrogens with one attached hydrogen (secondary N) is 2. The first kappa shape index (κ1) is 18.6. The molecule has 29 heavy (non-hydrogen) atoms. The maximum Gasteiger partial charge on any atom is 0.274 e. The fourth-order valence-corrected chi connectivity index (χ4v) is 2.80. The number of rotatable bonds is 5. The summed E-state index contributed by atoms with van der Waals surface area (Å²) in [6.07, 6.45) is 0. The van der Waals surface area contributed by atoms with E-state index >= 15 is 0 Å². The van der Waals surface area contributed by atoms with E-state index in [4.69, 9.17) is 9.47 Å². The van der Waals surface area contributed by atoms with Gasteiger partial charge >= 0.3 is 0 Å². The van der Waals surface area contributed by atoms with E-state index in [1.54, 1.807) is 6.92 Å². The molecule has 0 atom stereocenters. The number of aryl methyl sites for hydroxylation is 1. The minimum absolute atomic E-state index is 0.0504. The van der Waals surface area contributed by atoms with Crippen LogP contribution in [-0.4, -0.2) is 22.7 Å². The van der Waals surface area contributed by atoms with Crippen molar-refractivity contribution in [2.45, 2.75) is 13.5 Å². The van der Waals surface area contributed by atoms with Gasteiger partial charge in [0, 0.05) is 18.7 Å². The van der Waals surface area contributed by atoms with Crippen molar-refractivity contribution >= 4 is 17.4 Å². The highest BCUT2D eigenvalue weighted by Gasteiger charge is 2.15. The molecule has 2 heterocycles. The molecular weight excluding hydrogens is 382 g/mol. The van der Waals surface area contributed by atoms with Crippen LogP contribution >= 0.6 is 0 Å². The van der Waals surface area contributed by atoms with Gasteiger partial charge in [-0.25, -0.2) is 18.7 Å². The van der Waals surface area contributed by atoms with Gasteiger partial charge in [0.1, 0.15) is 29.0 Å². The van der Waals surface area contributed by atoms with Gasteiger partial charge in [-0.15, -0.1) is 0 Å². The van der Waals surface area contributed by atoms with Crippen LogP contribution in [-0.2, 0) is 6.54 Å². The molecule has 0 fully saturated rings. The second kappa shape index (κ2) is 7.70. The highest BCUT2D eigenvalue weighted by molar-refractivity contribution is 6.03. The molecule has 0 unspecified atom stereocenters. The zero-order chi connectivity index (χ0) is 20.4. The third-order valence-electron chi connectivity index (χ3n) is 4.16. The number of aromatic nitrogens is 2. The molecule has 1 aromatic heterocycles. The molecule has 7 nitrogen and oxygen atoms in total. The summed E-state index contributed by atoms with van der Waals surface area (Å²) in [4.78, 5) is 20.8. The average Bonchev–Trinajstić information content (AvgIpc) is 3.16. The Morgan fingerprint density at radius 2 is 1.90 bits per heavy atom. The van der Waals surface area contributed by atoms with E-state index in [-0.39, 0.29) is 18.2 Å². The van der Waals surface area contributed by atoms with Crippen molar-refractivity contribution in [2.75, 3.05) is 17.4 Å². The molecule has 1 amide bonds. The lowest BCUT2D eigenvalue weighted by Crippen LogP contribution is -2.16. The van der Waals surface area contributed by atoms with Crippen LogP contribution in [0.1, 0.15) is 21.9 Å². The lowest BCUT2D eigenvalue weighted by molar-refractivity contribution is 0.102. The molecule has 1 aliphatic rings. The van der Waals surface area contributed by atoms with Crippen LogP contribution in [0.3, 0.4) is 0 Å². The zero-order valence-corrected chi connectivity index (χ0v) is 15.3. The largest absolute Gasteiger partial charge is 0.454 e. The Bertz CT molecular complexity index is 1090. The van der Waals surface area contributed by atoms with Crippen LogP contribution in [0.25, 0.3) is 0 Å². The molecule has 9 heteroatoms. The minimum atomic E-state index is -0.870. The van der Waals surface area contributed by atoms with Gasteiger partial charge in [0.2, 0.25) is 6.79 Å². The monoisotopic (exact) mass is 398 g/mol. The standard InChI is InChI=1S/C20H16F2N4O3/c1-11-24-16(20(27)26-15-4-3-13(21)7-14(15)22)8-19(25-11)23-9-12-2-5-17-18(6-12)29-10-28-17/h2-8H,9-10H2,1H3,(H,26,27)(H,23,24,25). The van der Waals surface area contributed by atoms with Crippen LogP contribution in [0, 0.1) is 18.6 Å². The van der Waals surface area contributed by atoms with Crippen LogP contribution in [0.4, 0.5) is 20.3 Å². The van der Waals surface area contributed by atoms with Crippen molar-refractivity contribution in [3.8, 4) is 11.5 Å². The number of amides is 1. The summed E-state index contributed by atoms with van der Waals surface area (Å²) in [6, 6.07) is 9.92. The Balaban J connectivity index is 1.47. The Labute approximate surface area is 164 Å². The zero-order valence-electron chi connectivity index (χ0n) is 15.3. The first-order valence-corrected chi connectivity index (χ1v) is 8.72. The summed E-state index contributed by atoms with van der Waals surface area (Å²) in [5, 5.41) is 5.50. The lowest BCUT2D eigenvalue weighted by Gasteiger charge is -2.10. The third kappa shape index (κ3) is 4.23. The Hall–Kier alpha value is -3.75. The van der Waals surface area contributed by atoms with E-state index in [0.717, 1.165) is 17.7 Å². The fourth-order valence-electron chi connectivity index (χ4n) is 2.80. The van der Waals surface area contributed by atoms with Gasteiger partial charge in [-0.2, -0.15) is 0 Å². The van der Waals surface area contributed by atoms with Gasteiger partial charge in [0.15, 0.2) is 11.5 Å². The van der Waals surface area contributed by atoms with Gasteiger partial charge in [0.05, 0.1) is 5.69 Å². The molecule has 4 rings (SSSR count). The van der Waals surface area contributed by atoms with Crippen molar-refractivity contribution in [3.05, 3.63) is 71.2 Å². The van der Waals surface area contributed by atoms with Crippen LogP contribution in [0.5, 0.6) is 11.5 Å². The molecule has 2 aromatic carbocycles. The first-order valence-electron chi connectivity index (χ1n) is 8.72. The van der Waals surface area contributed by atoms with Gasteiger partial charge in [0.25, 0.3) is 5.91 Å². The maximum absolute atomic E-state index is 13.8. The van der Waals surface area contributed by atoms with E-state index in [2.05, 4.69) is 20.6 Å². The number of halogens is 2. The summed E-state index contributed by atoms with van der Waals surface area (Å²) < 4.78 is 37.4. The van der Waals surface area contributed by atoms with Crippen molar-refractivity contribution in [2.24, 2.45) is 0 Å². The highest BCUT2D eigenvalue weighted by Crippen LogP contribution is 2.32. The molecule has 0 aliphatic carbocycles. The van der Waals surface area contributed by atoms with Crippen LogP contribution in [0.2, 0.25) is 0 Å². The number of benzene rings is 2. The van der Waals surface area contributed by atoms with E-state index in [1.165, 1.54) is 6.07 Å². The fraction of sp³-hybridized carbons (Fsp3) is 0.150. The molecule has 2 N–H and O–H groups in total. The minimum Gasteiger partial charge on any atom is -0.454 e. The number of carbonyl (C=O) groups is 1. The average molecular weight is 398 g/mol. The Kier molecular flexibility index (Phi) is 4.94. The van der Waals surface area contributed by atoms with Gasteiger partial charge in [-0.05, 0) is 36.8 Å². The predicted octanol–water partition coefficient (Wildman–Crippen LogP) is 3.66. The first-order chi connectivity index (χ1) is 14.0. The van der Waals surface area contributed by atoms with Crippen LogP contribution in [0.15, 0.2) is 42.5 Å². The molecule has 0 spiro atoms. The van der Waals surface area contributed by atoms with Gasteiger partial charge in [-0.1, -0.05) is 6.07 Å². The number of anilines is 2.